The number of fused-ring (bicyclic) bond motifs is 1. The van der Waals surface area contributed by atoms with Gasteiger partial charge in [0, 0.05) is 5.02 Å². The molecule has 1 aromatic rings. The third-order valence-corrected chi connectivity index (χ3v) is 2.54. The summed E-state index contributed by atoms with van der Waals surface area (Å²) < 4.78 is 5.88. The van der Waals surface area contributed by atoms with Crippen LogP contribution in [0.2, 0.25) is 5.02 Å². The minimum atomic E-state index is -0.147. The van der Waals surface area contributed by atoms with E-state index in [1.165, 1.54) is 0 Å². The van der Waals surface area contributed by atoms with Gasteiger partial charge in [-0.3, -0.25) is 0 Å². The van der Waals surface area contributed by atoms with Gasteiger partial charge in [0.15, 0.2) is 0 Å². The number of halogens is 1. The van der Waals surface area contributed by atoms with E-state index in [-0.39, 0.29) is 5.60 Å². The normalized spacial score (nSPS) is 18.0. The summed E-state index contributed by atoms with van der Waals surface area (Å²) >= 11 is 5.96. The summed E-state index contributed by atoms with van der Waals surface area (Å²) in [7, 11) is 0. The topological polar surface area (TPSA) is 21.3 Å². The lowest BCUT2D eigenvalue weighted by Gasteiger charge is -2.34. The van der Waals surface area contributed by atoms with E-state index in [2.05, 4.69) is 19.2 Å². The quantitative estimate of drug-likeness (QED) is 0.712. The summed E-state index contributed by atoms with van der Waals surface area (Å²) in [6.07, 6.45) is 0. The molecule has 0 amide bonds. The van der Waals surface area contributed by atoms with Crippen molar-refractivity contribution in [2.75, 3.05) is 11.9 Å². The van der Waals surface area contributed by atoms with E-state index in [9.17, 15) is 0 Å². The number of benzene rings is 1. The zero-order valence-corrected chi connectivity index (χ0v) is 9.40. The van der Waals surface area contributed by atoms with Gasteiger partial charge in [-0.15, -0.1) is 0 Å². The van der Waals surface area contributed by atoms with Crippen LogP contribution in [0.1, 0.15) is 19.4 Å². The van der Waals surface area contributed by atoms with Crippen molar-refractivity contribution < 1.29 is 4.74 Å². The van der Waals surface area contributed by atoms with E-state index in [0.717, 1.165) is 28.6 Å². The Hall–Kier alpha value is -0.890. The van der Waals surface area contributed by atoms with Gasteiger partial charge >= 0.3 is 0 Å². The van der Waals surface area contributed by atoms with Crippen molar-refractivity contribution in [2.45, 2.75) is 26.4 Å². The third-order valence-electron chi connectivity index (χ3n) is 2.32. The number of anilines is 1. The first-order valence-electron chi connectivity index (χ1n) is 4.71. The summed E-state index contributed by atoms with van der Waals surface area (Å²) in [5.74, 6) is 0.922. The smallest absolute Gasteiger partial charge is 0.146 e. The zero-order valence-electron chi connectivity index (χ0n) is 8.65. The molecule has 0 aliphatic carbocycles. The Balaban J connectivity index is 2.47. The molecule has 0 bridgehead atoms. The molecule has 2 nitrogen and oxygen atoms in total. The number of nitrogens with one attached hydrogen (secondary N) is 1. The maximum absolute atomic E-state index is 5.96. The van der Waals surface area contributed by atoms with E-state index in [1.54, 1.807) is 0 Å². The number of hydrogen-bond acceptors (Lipinski definition) is 2. The van der Waals surface area contributed by atoms with Gasteiger partial charge in [0.05, 0.1) is 12.2 Å². The van der Waals surface area contributed by atoms with Crippen LogP contribution in [-0.4, -0.2) is 12.1 Å². The van der Waals surface area contributed by atoms with E-state index in [0.29, 0.717) is 0 Å². The Morgan fingerprint density at radius 2 is 2.14 bits per heavy atom. The fourth-order valence-corrected chi connectivity index (χ4v) is 1.89. The molecule has 76 valence electrons. The van der Waals surface area contributed by atoms with Crippen LogP contribution in [0.4, 0.5) is 5.69 Å². The van der Waals surface area contributed by atoms with Crippen LogP contribution in [0.25, 0.3) is 0 Å². The third kappa shape index (κ3) is 1.67. The van der Waals surface area contributed by atoms with Crippen LogP contribution in [0, 0.1) is 6.92 Å². The molecule has 0 fully saturated rings. The number of ether oxygens (including phenoxy) is 1. The zero-order chi connectivity index (χ0) is 10.3. The van der Waals surface area contributed by atoms with Crippen LogP contribution in [-0.2, 0) is 0 Å². The Bertz CT molecular complexity index is 374. The maximum atomic E-state index is 5.96. The first-order valence-corrected chi connectivity index (χ1v) is 5.09. The largest absolute Gasteiger partial charge is 0.484 e. The molecule has 2 rings (SSSR count). The van der Waals surface area contributed by atoms with Crippen molar-refractivity contribution in [1.82, 2.24) is 0 Å². The van der Waals surface area contributed by atoms with Crippen molar-refractivity contribution in [1.29, 1.82) is 0 Å². The Morgan fingerprint density at radius 1 is 1.43 bits per heavy atom. The standard InChI is InChI=1S/C11H14ClNO/c1-7-4-8(12)5-9-10(7)14-11(2,3)6-13-9/h4-5,13H,6H2,1-3H3. The van der Waals surface area contributed by atoms with E-state index < -0.39 is 0 Å². The molecule has 1 aliphatic heterocycles. The van der Waals surface area contributed by atoms with Crippen molar-refractivity contribution >= 4 is 17.3 Å². The van der Waals surface area contributed by atoms with E-state index in [4.69, 9.17) is 16.3 Å². The minimum Gasteiger partial charge on any atom is -0.484 e. The molecule has 0 atom stereocenters. The van der Waals surface area contributed by atoms with Crippen LogP contribution >= 0.6 is 11.6 Å². The highest BCUT2D eigenvalue weighted by Gasteiger charge is 2.27. The number of aryl methyl sites for hydroxylation is 1. The summed E-state index contributed by atoms with van der Waals surface area (Å²) in [4.78, 5) is 0. The van der Waals surface area contributed by atoms with Crippen LogP contribution < -0.4 is 10.1 Å². The molecule has 1 aliphatic rings. The lowest BCUT2D eigenvalue weighted by molar-refractivity contribution is 0.115. The molecule has 3 heteroatoms. The predicted octanol–water partition coefficient (Wildman–Crippen LogP) is 3.23. The Labute approximate surface area is 89.2 Å². The van der Waals surface area contributed by atoms with E-state index >= 15 is 0 Å². The second-order valence-electron chi connectivity index (χ2n) is 4.31. The highest BCUT2D eigenvalue weighted by atomic mass is 35.5. The predicted molar refractivity (Wildman–Crippen MR) is 59.4 cm³/mol. The maximum Gasteiger partial charge on any atom is 0.146 e. The van der Waals surface area contributed by atoms with Gasteiger partial charge in [0.2, 0.25) is 0 Å². The molecule has 1 aromatic carbocycles. The van der Waals surface area contributed by atoms with Gasteiger partial charge in [0.25, 0.3) is 0 Å². The molecule has 0 unspecified atom stereocenters. The molecule has 0 radical (unpaired) electrons. The van der Waals surface area contributed by atoms with Crippen LogP contribution in [0.15, 0.2) is 12.1 Å². The van der Waals surface area contributed by atoms with Crippen molar-refractivity contribution in [2.24, 2.45) is 0 Å². The molecule has 0 spiro atoms. The molecular formula is C11H14ClNO. The van der Waals surface area contributed by atoms with Gasteiger partial charge in [-0.25, -0.2) is 0 Å². The lowest BCUT2D eigenvalue weighted by Crippen LogP contribution is -2.40. The fraction of sp³-hybridized carbons (Fsp3) is 0.455. The van der Waals surface area contributed by atoms with Gasteiger partial charge in [-0.1, -0.05) is 11.6 Å². The molecule has 0 saturated heterocycles. The van der Waals surface area contributed by atoms with Gasteiger partial charge in [-0.05, 0) is 38.5 Å². The monoisotopic (exact) mass is 211 g/mol. The molecule has 1 N–H and O–H groups in total. The van der Waals surface area contributed by atoms with Crippen molar-refractivity contribution in [3.05, 3.63) is 22.7 Å². The van der Waals surface area contributed by atoms with Crippen LogP contribution in [0.5, 0.6) is 5.75 Å². The number of hydrogen-bond donors (Lipinski definition) is 1. The number of rotatable bonds is 0. The first-order chi connectivity index (χ1) is 6.48. The Kier molecular flexibility index (Phi) is 2.11. The first kappa shape index (κ1) is 9.66. The molecule has 1 heterocycles. The van der Waals surface area contributed by atoms with Crippen molar-refractivity contribution in [3.8, 4) is 5.75 Å². The van der Waals surface area contributed by atoms with Gasteiger partial charge < -0.3 is 10.1 Å². The lowest BCUT2D eigenvalue weighted by atomic mass is 10.1. The van der Waals surface area contributed by atoms with Gasteiger partial charge in [0.1, 0.15) is 11.4 Å². The average Bonchev–Trinajstić information content (AvgIpc) is 2.06. The SMILES string of the molecule is Cc1cc(Cl)cc2c1OC(C)(C)CN2. The highest BCUT2D eigenvalue weighted by Crippen LogP contribution is 2.37. The molecule has 0 aromatic heterocycles. The van der Waals surface area contributed by atoms with E-state index in [1.807, 2.05) is 19.1 Å². The summed E-state index contributed by atoms with van der Waals surface area (Å²) in [6.45, 7) is 6.95. The highest BCUT2D eigenvalue weighted by molar-refractivity contribution is 6.31. The molecule has 0 saturated carbocycles. The molecular weight excluding hydrogens is 198 g/mol. The Morgan fingerprint density at radius 3 is 2.86 bits per heavy atom. The second kappa shape index (κ2) is 3.06. The van der Waals surface area contributed by atoms with Crippen LogP contribution in [0.3, 0.4) is 0 Å². The van der Waals surface area contributed by atoms with Gasteiger partial charge in [-0.2, -0.15) is 0 Å². The summed E-state index contributed by atoms with van der Waals surface area (Å²) in [6, 6.07) is 3.82. The average molecular weight is 212 g/mol. The summed E-state index contributed by atoms with van der Waals surface area (Å²) in [5, 5.41) is 4.07. The minimum absolute atomic E-state index is 0.147. The molecule has 14 heavy (non-hydrogen) atoms. The van der Waals surface area contributed by atoms with Crippen molar-refractivity contribution in [3.63, 3.8) is 0 Å². The fourth-order valence-electron chi connectivity index (χ4n) is 1.62. The second-order valence-corrected chi connectivity index (χ2v) is 4.75. The summed E-state index contributed by atoms with van der Waals surface area (Å²) in [5.41, 5.74) is 1.92.